The first-order valence-corrected chi connectivity index (χ1v) is 4.70. The Morgan fingerprint density at radius 3 is 2.86 bits per heavy atom. The van der Waals surface area contributed by atoms with Gasteiger partial charge >= 0.3 is 0 Å². The van der Waals surface area contributed by atoms with Crippen LogP contribution in [0.25, 0.3) is 10.9 Å². The first-order valence-electron chi connectivity index (χ1n) is 4.70. The van der Waals surface area contributed by atoms with Gasteiger partial charge in [-0.25, -0.2) is 0 Å². The zero-order valence-electron chi connectivity index (χ0n) is 8.12. The normalized spacial score (nSPS) is 10.0. The predicted molar refractivity (Wildman–Crippen MR) is 59.1 cm³/mol. The minimum atomic E-state index is 0.916. The summed E-state index contributed by atoms with van der Waals surface area (Å²) in [6, 6.07) is 9.96. The van der Waals surface area contributed by atoms with Crippen LogP contribution in [0.3, 0.4) is 0 Å². The van der Waals surface area contributed by atoms with Gasteiger partial charge in [-0.2, -0.15) is 0 Å². The molecule has 0 N–H and O–H groups in total. The van der Waals surface area contributed by atoms with E-state index in [1.165, 1.54) is 0 Å². The highest BCUT2D eigenvalue weighted by molar-refractivity contribution is 5.85. The van der Waals surface area contributed by atoms with Crippen LogP contribution in [0.1, 0.15) is 18.2 Å². The topological polar surface area (TPSA) is 12.9 Å². The van der Waals surface area contributed by atoms with Crippen LogP contribution in [-0.4, -0.2) is 4.98 Å². The van der Waals surface area contributed by atoms with Crippen LogP contribution in [0.5, 0.6) is 0 Å². The summed E-state index contributed by atoms with van der Waals surface area (Å²) in [6.07, 6.45) is 6.38. The van der Waals surface area contributed by atoms with Crippen LogP contribution < -0.4 is 0 Å². The molecule has 68 valence electrons. The molecule has 1 heteroatoms. The van der Waals surface area contributed by atoms with E-state index in [2.05, 4.69) is 17.8 Å². The van der Waals surface area contributed by atoms with Crippen LogP contribution in [0.4, 0.5) is 0 Å². The smallest absolute Gasteiger partial charge is 0.0717 e. The predicted octanol–water partition coefficient (Wildman–Crippen LogP) is 2.78. The third-order valence-electron chi connectivity index (χ3n) is 2.29. The van der Waals surface area contributed by atoms with Crippen molar-refractivity contribution >= 4 is 10.9 Å². The van der Waals surface area contributed by atoms with Gasteiger partial charge in [0.1, 0.15) is 0 Å². The van der Waals surface area contributed by atoms with Crippen molar-refractivity contribution in [2.24, 2.45) is 0 Å². The molecule has 0 fully saturated rings. The lowest BCUT2D eigenvalue weighted by atomic mass is 10.1. The number of rotatable bonds is 1. The molecular weight excluding hydrogens is 170 g/mol. The molecule has 0 aliphatic rings. The van der Waals surface area contributed by atoms with Crippen molar-refractivity contribution < 1.29 is 0 Å². The Kier molecular flexibility index (Phi) is 2.20. The van der Waals surface area contributed by atoms with E-state index in [0.717, 1.165) is 28.6 Å². The number of benzene rings is 1. The molecule has 0 atom stereocenters. The fraction of sp³-hybridized carbons (Fsp3) is 0.154. The summed E-state index contributed by atoms with van der Waals surface area (Å²) >= 11 is 0. The van der Waals surface area contributed by atoms with Gasteiger partial charge in [0.15, 0.2) is 0 Å². The van der Waals surface area contributed by atoms with E-state index < -0.39 is 0 Å². The average molecular weight is 181 g/mol. The van der Waals surface area contributed by atoms with E-state index >= 15 is 0 Å². The fourth-order valence-electron chi connectivity index (χ4n) is 1.53. The Balaban J connectivity index is 2.82. The van der Waals surface area contributed by atoms with Gasteiger partial charge in [-0.05, 0) is 18.6 Å². The van der Waals surface area contributed by atoms with Gasteiger partial charge in [-0.3, -0.25) is 4.98 Å². The Bertz CT molecular complexity index is 506. The first kappa shape index (κ1) is 8.77. The van der Waals surface area contributed by atoms with Gasteiger partial charge in [0.25, 0.3) is 0 Å². The molecular formula is C13H11N. The molecule has 0 aliphatic heterocycles. The number of nitrogens with zero attached hydrogens (tertiary/aromatic N) is 1. The minimum absolute atomic E-state index is 0.916. The molecule has 1 heterocycles. The lowest BCUT2D eigenvalue weighted by Gasteiger charge is -2.03. The number of hydrogen-bond donors (Lipinski definition) is 0. The van der Waals surface area contributed by atoms with Crippen LogP contribution in [0.15, 0.2) is 30.3 Å². The fourth-order valence-corrected chi connectivity index (χ4v) is 1.53. The highest BCUT2D eigenvalue weighted by Crippen LogP contribution is 2.17. The van der Waals surface area contributed by atoms with Gasteiger partial charge in [-0.1, -0.05) is 31.0 Å². The van der Waals surface area contributed by atoms with Crippen molar-refractivity contribution in [1.82, 2.24) is 4.98 Å². The SMILES string of the molecule is C#Cc1cc(CC)nc2ccccc12. The first-order chi connectivity index (χ1) is 6.85. The molecule has 14 heavy (non-hydrogen) atoms. The summed E-state index contributed by atoms with van der Waals surface area (Å²) in [6.45, 7) is 2.08. The molecule has 0 saturated heterocycles. The van der Waals surface area contributed by atoms with Gasteiger partial charge in [0.2, 0.25) is 0 Å². The van der Waals surface area contributed by atoms with Crippen LogP contribution in [0, 0.1) is 12.3 Å². The van der Waals surface area contributed by atoms with E-state index in [0.29, 0.717) is 0 Å². The summed E-state index contributed by atoms with van der Waals surface area (Å²) in [5.74, 6) is 2.70. The Morgan fingerprint density at radius 1 is 1.36 bits per heavy atom. The van der Waals surface area contributed by atoms with Crippen LogP contribution in [0.2, 0.25) is 0 Å². The number of para-hydroxylation sites is 1. The molecule has 0 saturated carbocycles. The molecule has 0 spiro atoms. The van der Waals surface area contributed by atoms with Crippen LogP contribution in [-0.2, 0) is 6.42 Å². The standard InChI is InChI=1S/C13H11N/c1-3-10-9-11(4-2)14-13-8-6-5-7-12(10)13/h1,5-9H,4H2,2H3. The maximum absolute atomic E-state index is 5.46. The summed E-state index contributed by atoms with van der Waals surface area (Å²) in [5.41, 5.74) is 2.98. The number of terminal acetylenes is 1. The molecule has 0 amide bonds. The Morgan fingerprint density at radius 2 is 2.14 bits per heavy atom. The molecule has 2 aromatic rings. The van der Waals surface area contributed by atoms with E-state index in [9.17, 15) is 0 Å². The Hall–Kier alpha value is -1.81. The van der Waals surface area contributed by atoms with Crippen molar-refractivity contribution in [2.75, 3.05) is 0 Å². The van der Waals surface area contributed by atoms with Gasteiger partial charge < -0.3 is 0 Å². The summed E-state index contributed by atoms with van der Waals surface area (Å²) < 4.78 is 0. The zero-order chi connectivity index (χ0) is 9.97. The molecule has 1 nitrogen and oxygen atoms in total. The monoisotopic (exact) mass is 181 g/mol. The highest BCUT2D eigenvalue weighted by atomic mass is 14.7. The minimum Gasteiger partial charge on any atom is -0.253 e. The number of aromatic nitrogens is 1. The third-order valence-corrected chi connectivity index (χ3v) is 2.29. The molecule has 2 rings (SSSR count). The van der Waals surface area contributed by atoms with E-state index in [4.69, 9.17) is 6.42 Å². The maximum atomic E-state index is 5.46. The van der Waals surface area contributed by atoms with Crippen LogP contribution >= 0.6 is 0 Å². The number of pyridine rings is 1. The van der Waals surface area contributed by atoms with E-state index in [1.54, 1.807) is 0 Å². The van der Waals surface area contributed by atoms with Crippen molar-refractivity contribution in [3.05, 3.63) is 41.6 Å². The largest absolute Gasteiger partial charge is 0.253 e. The Labute approximate surface area is 83.8 Å². The van der Waals surface area contributed by atoms with E-state index in [-0.39, 0.29) is 0 Å². The summed E-state index contributed by atoms with van der Waals surface area (Å²) in [7, 11) is 0. The van der Waals surface area contributed by atoms with Crippen molar-refractivity contribution in [2.45, 2.75) is 13.3 Å². The quantitative estimate of drug-likeness (QED) is 0.616. The number of aryl methyl sites for hydroxylation is 1. The summed E-state index contributed by atoms with van der Waals surface area (Å²) in [5, 5.41) is 1.06. The van der Waals surface area contributed by atoms with Gasteiger partial charge in [0, 0.05) is 16.6 Å². The number of hydrogen-bond acceptors (Lipinski definition) is 1. The second kappa shape index (κ2) is 3.51. The van der Waals surface area contributed by atoms with Gasteiger partial charge in [-0.15, -0.1) is 6.42 Å². The molecule has 0 radical (unpaired) electrons. The van der Waals surface area contributed by atoms with Crippen molar-refractivity contribution in [3.8, 4) is 12.3 Å². The lowest BCUT2D eigenvalue weighted by molar-refractivity contribution is 1.06. The maximum Gasteiger partial charge on any atom is 0.0717 e. The number of fused-ring (bicyclic) bond motifs is 1. The lowest BCUT2D eigenvalue weighted by Crippen LogP contribution is -1.91. The van der Waals surface area contributed by atoms with Gasteiger partial charge in [0.05, 0.1) is 5.52 Å². The second-order valence-electron chi connectivity index (χ2n) is 3.18. The zero-order valence-corrected chi connectivity index (χ0v) is 8.12. The highest BCUT2D eigenvalue weighted by Gasteiger charge is 2.01. The third kappa shape index (κ3) is 1.36. The molecule has 0 aliphatic carbocycles. The average Bonchev–Trinajstić information content (AvgIpc) is 2.27. The molecule has 0 unspecified atom stereocenters. The molecule has 0 bridgehead atoms. The summed E-state index contributed by atoms with van der Waals surface area (Å²) in [4.78, 5) is 4.51. The molecule has 1 aromatic heterocycles. The van der Waals surface area contributed by atoms with Crippen molar-refractivity contribution in [1.29, 1.82) is 0 Å². The second-order valence-corrected chi connectivity index (χ2v) is 3.18. The van der Waals surface area contributed by atoms with Crippen molar-refractivity contribution in [3.63, 3.8) is 0 Å². The molecule has 1 aromatic carbocycles. The van der Waals surface area contributed by atoms with E-state index in [1.807, 2.05) is 30.3 Å².